The number of Topliss-reactive ketones (excluding diaryl/α,β-unsaturated/α-hetero) is 1. The zero-order valence-corrected chi connectivity index (χ0v) is 10.6. The summed E-state index contributed by atoms with van der Waals surface area (Å²) in [7, 11) is 0. The van der Waals surface area contributed by atoms with E-state index in [9.17, 15) is 4.79 Å². The van der Waals surface area contributed by atoms with Crippen LogP contribution in [0.4, 0.5) is 0 Å². The van der Waals surface area contributed by atoms with Gasteiger partial charge in [-0.25, -0.2) is 0 Å². The van der Waals surface area contributed by atoms with Crippen LogP contribution in [0.1, 0.15) is 59.9 Å². The van der Waals surface area contributed by atoms with Crippen molar-refractivity contribution in [3.8, 4) is 0 Å². The minimum absolute atomic E-state index is 0.126. The lowest BCUT2D eigenvalue weighted by molar-refractivity contribution is 0.0972. The molecule has 1 aromatic heterocycles. The van der Waals surface area contributed by atoms with Crippen LogP contribution in [0, 0.1) is 20.8 Å². The van der Waals surface area contributed by atoms with Gasteiger partial charge in [-0.05, 0) is 38.3 Å². The van der Waals surface area contributed by atoms with E-state index in [2.05, 4.69) is 17.1 Å². The summed E-state index contributed by atoms with van der Waals surface area (Å²) in [6, 6.07) is 0. The van der Waals surface area contributed by atoms with Gasteiger partial charge in [-0.3, -0.25) is 4.79 Å². The number of aromatic nitrogens is 2. The molecule has 0 amide bonds. The van der Waals surface area contributed by atoms with E-state index in [-0.39, 0.29) is 5.78 Å². The van der Waals surface area contributed by atoms with Gasteiger partial charge in [-0.15, -0.1) is 5.10 Å². The van der Waals surface area contributed by atoms with Gasteiger partial charge in [0.05, 0.1) is 5.69 Å². The number of unbranched alkanes of at least 4 members (excludes halogenated alkanes) is 2. The van der Waals surface area contributed by atoms with Crippen molar-refractivity contribution < 1.29 is 4.79 Å². The Morgan fingerprint density at radius 1 is 1.06 bits per heavy atom. The molecule has 0 saturated carbocycles. The molecule has 0 aromatic carbocycles. The van der Waals surface area contributed by atoms with E-state index < -0.39 is 0 Å². The molecule has 1 aromatic rings. The molecule has 1 heterocycles. The molecule has 3 heteroatoms. The molecule has 0 bridgehead atoms. The highest BCUT2D eigenvalue weighted by Crippen LogP contribution is 2.15. The SMILES string of the molecule is CCCCCC(=O)c1nnc(C)c(C)c1C. The standard InChI is InChI=1S/C13H20N2O/c1-5-6-7-8-12(16)13-10(3)9(2)11(4)14-15-13/h5-8H2,1-4H3. The first kappa shape index (κ1) is 12.8. The van der Waals surface area contributed by atoms with Crippen molar-refractivity contribution in [1.82, 2.24) is 10.2 Å². The van der Waals surface area contributed by atoms with Crippen LogP contribution in [0.25, 0.3) is 0 Å². The normalized spacial score (nSPS) is 10.5. The number of nitrogens with zero attached hydrogens (tertiary/aromatic N) is 2. The van der Waals surface area contributed by atoms with E-state index in [0.29, 0.717) is 12.1 Å². The molecule has 0 aliphatic rings. The van der Waals surface area contributed by atoms with Crippen LogP contribution in [0.5, 0.6) is 0 Å². The van der Waals surface area contributed by atoms with Gasteiger partial charge in [-0.2, -0.15) is 5.10 Å². The Balaban J connectivity index is 2.80. The van der Waals surface area contributed by atoms with Gasteiger partial charge in [0.2, 0.25) is 0 Å². The predicted molar refractivity (Wildman–Crippen MR) is 64.7 cm³/mol. The summed E-state index contributed by atoms with van der Waals surface area (Å²) in [5, 5.41) is 8.04. The lowest BCUT2D eigenvalue weighted by Gasteiger charge is -2.07. The fraction of sp³-hybridized carbons (Fsp3) is 0.615. The van der Waals surface area contributed by atoms with Crippen LogP contribution in [-0.2, 0) is 0 Å². The second-order valence-electron chi connectivity index (χ2n) is 4.26. The third-order valence-corrected chi connectivity index (χ3v) is 3.03. The molecule has 0 saturated heterocycles. The van der Waals surface area contributed by atoms with Gasteiger partial charge in [-0.1, -0.05) is 19.8 Å². The Bertz CT molecular complexity index is 386. The molecule has 88 valence electrons. The third kappa shape index (κ3) is 2.87. The summed E-state index contributed by atoms with van der Waals surface area (Å²) in [5.74, 6) is 0.126. The molecule has 16 heavy (non-hydrogen) atoms. The summed E-state index contributed by atoms with van der Waals surface area (Å²) in [6.45, 7) is 7.98. The van der Waals surface area contributed by atoms with Crippen molar-refractivity contribution in [3.05, 3.63) is 22.5 Å². The topological polar surface area (TPSA) is 42.9 Å². The van der Waals surface area contributed by atoms with Crippen LogP contribution in [-0.4, -0.2) is 16.0 Å². The minimum Gasteiger partial charge on any atom is -0.292 e. The Kier molecular flexibility index (Phi) is 4.59. The van der Waals surface area contributed by atoms with Gasteiger partial charge in [0, 0.05) is 6.42 Å². The number of rotatable bonds is 5. The van der Waals surface area contributed by atoms with Gasteiger partial charge in [0.25, 0.3) is 0 Å². The summed E-state index contributed by atoms with van der Waals surface area (Å²) in [5.41, 5.74) is 3.52. The fourth-order valence-corrected chi connectivity index (χ4v) is 1.64. The lowest BCUT2D eigenvalue weighted by atomic mass is 10.0. The van der Waals surface area contributed by atoms with Crippen molar-refractivity contribution in [3.63, 3.8) is 0 Å². The predicted octanol–water partition coefficient (Wildman–Crippen LogP) is 3.16. The van der Waals surface area contributed by atoms with Crippen molar-refractivity contribution in [1.29, 1.82) is 0 Å². The molecule has 1 rings (SSSR count). The van der Waals surface area contributed by atoms with Crippen LogP contribution >= 0.6 is 0 Å². The third-order valence-electron chi connectivity index (χ3n) is 3.03. The first-order chi connectivity index (χ1) is 7.57. The maximum Gasteiger partial charge on any atom is 0.183 e. The summed E-state index contributed by atoms with van der Waals surface area (Å²) < 4.78 is 0. The van der Waals surface area contributed by atoms with E-state index in [0.717, 1.165) is 36.1 Å². The summed E-state index contributed by atoms with van der Waals surface area (Å²) in [6.07, 6.45) is 3.77. The minimum atomic E-state index is 0.126. The lowest BCUT2D eigenvalue weighted by Crippen LogP contribution is -2.09. The van der Waals surface area contributed by atoms with Gasteiger partial charge in [0.1, 0.15) is 5.69 Å². The average Bonchev–Trinajstić information content (AvgIpc) is 2.26. The molecule has 0 unspecified atom stereocenters. The Labute approximate surface area is 97.3 Å². The molecule has 0 aliphatic carbocycles. The molecule has 0 spiro atoms. The highest BCUT2D eigenvalue weighted by molar-refractivity contribution is 5.95. The molecule has 0 radical (unpaired) electrons. The van der Waals surface area contributed by atoms with E-state index in [1.165, 1.54) is 0 Å². The van der Waals surface area contributed by atoms with Gasteiger partial charge >= 0.3 is 0 Å². The molecule has 0 fully saturated rings. The maximum absolute atomic E-state index is 11.9. The number of carbonyl (C=O) groups excluding carboxylic acids is 1. The average molecular weight is 220 g/mol. The molecule has 0 N–H and O–H groups in total. The summed E-state index contributed by atoms with van der Waals surface area (Å²) in [4.78, 5) is 11.9. The van der Waals surface area contributed by atoms with Crippen LogP contribution in [0.15, 0.2) is 0 Å². The molecule has 3 nitrogen and oxygen atoms in total. The van der Waals surface area contributed by atoms with Gasteiger partial charge in [0.15, 0.2) is 5.78 Å². The van der Waals surface area contributed by atoms with Crippen molar-refractivity contribution in [2.24, 2.45) is 0 Å². The quantitative estimate of drug-likeness (QED) is 0.565. The van der Waals surface area contributed by atoms with E-state index in [1.54, 1.807) is 0 Å². The molecule has 0 atom stereocenters. The van der Waals surface area contributed by atoms with Crippen LogP contribution in [0.2, 0.25) is 0 Å². The van der Waals surface area contributed by atoms with Crippen molar-refractivity contribution >= 4 is 5.78 Å². The number of hydrogen-bond donors (Lipinski definition) is 0. The summed E-state index contributed by atoms with van der Waals surface area (Å²) >= 11 is 0. The molecular formula is C13H20N2O. The van der Waals surface area contributed by atoms with Crippen LogP contribution < -0.4 is 0 Å². The van der Waals surface area contributed by atoms with Crippen molar-refractivity contribution in [2.45, 2.75) is 53.4 Å². The molecule has 0 aliphatic heterocycles. The first-order valence-corrected chi connectivity index (χ1v) is 5.91. The van der Waals surface area contributed by atoms with Gasteiger partial charge < -0.3 is 0 Å². The van der Waals surface area contributed by atoms with E-state index >= 15 is 0 Å². The number of aryl methyl sites for hydroxylation is 1. The monoisotopic (exact) mass is 220 g/mol. The number of carbonyl (C=O) groups is 1. The Hall–Kier alpha value is -1.25. The highest BCUT2D eigenvalue weighted by atomic mass is 16.1. The Morgan fingerprint density at radius 3 is 2.38 bits per heavy atom. The van der Waals surface area contributed by atoms with E-state index in [4.69, 9.17) is 0 Å². The second-order valence-corrected chi connectivity index (χ2v) is 4.26. The number of ketones is 1. The van der Waals surface area contributed by atoms with E-state index in [1.807, 2.05) is 20.8 Å². The largest absolute Gasteiger partial charge is 0.292 e. The first-order valence-electron chi connectivity index (χ1n) is 5.91. The second kappa shape index (κ2) is 5.73. The zero-order chi connectivity index (χ0) is 12.1. The number of hydrogen-bond acceptors (Lipinski definition) is 3. The Morgan fingerprint density at radius 2 is 1.75 bits per heavy atom. The zero-order valence-electron chi connectivity index (χ0n) is 10.6. The van der Waals surface area contributed by atoms with Crippen LogP contribution in [0.3, 0.4) is 0 Å². The smallest absolute Gasteiger partial charge is 0.183 e. The molecular weight excluding hydrogens is 200 g/mol. The highest BCUT2D eigenvalue weighted by Gasteiger charge is 2.13. The van der Waals surface area contributed by atoms with Crippen molar-refractivity contribution in [2.75, 3.05) is 0 Å². The maximum atomic E-state index is 11.9. The fourth-order valence-electron chi connectivity index (χ4n) is 1.64.